The van der Waals surface area contributed by atoms with E-state index in [0.29, 0.717) is 5.92 Å². The van der Waals surface area contributed by atoms with Crippen LogP contribution < -0.4 is 0 Å². The third kappa shape index (κ3) is 2.82. The molecule has 1 saturated heterocycles. The van der Waals surface area contributed by atoms with Crippen molar-refractivity contribution in [3.63, 3.8) is 0 Å². The summed E-state index contributed by atoms with van der Waals surface area (Å²) < 4.78 is 5.49. The number of aromatic nitrogens is 3. The molecule has 1 atom stereocenters. The van der Waals surface area contributed by atoms with Crippen molar-refractivity contribution in [1.82, 2.24) is 20.0 Å². The van der Waals surface area contributed by atoms with Gasteiger partial charge in [0, 0.05) is 23.5 Å². The fourth-order valence-electron chi connectivity index (χ4n) is 3.93. The molecule has 5 rings (SSSR count). The van der Waals surface area contributed by atoms with Crippen molar-refractivity contribution < 1.29 is 4.52 Å². The number of aryl methyl sites for hydroxylation is 1. The molecule has 1 saturated carbocycles. The molecule has 0 bridgehead atoms. The molecular formula is C20H22N4O. The first-order chi connectivity index (χ1) is 12.3. The SMILES string of the molecule is Cc1cc(CN2CCC[C@@H]2c2noc(C3CC3)n2)c2ccccc2n1. The van der Waals surface area contributed by atoms with Gasteiger partial charge in [-0.1, -0.05) is 23.4 Å². The maximum Gasteiger partial charge on any atom is 0.229 e. The molecule has 1 aliphatic heterocycles. The van der Waals surface area contributed by atoms with Crippen LogP contribution in [0.15, 0.2) is 34.9 Å². The molecule has 5 heteroatoms. The molecule has 2 fully saturated rings. The number of benzene rings is 1. The van der Waals surface area contributed by atoms with Gasteiger partial charge in [0.05, 0.1) is 11.6 Å². The van der Waals surface area contributed by atoms with Crippen molar-refractivity contribution in [3.05, 3.63) is 53.3 Å². The van der Waals surface area contributed by atoms with E-state index in [1.54, 1.807) is 0 Å². The van der Waals surface area contributed by atoms with Crippen molar-refractivity contribution in [2.45, 2.75) is 51.1 Å². The minimum Gasteiger partial charge on any atom is -0.339 e. The van der Waals surface area contributed by atoms with E-state index >= 15 is 0 Å². The van der Waals surface area contributed by atoms with Gasteiger partial charge in [0.2, 0.25) is 5.89 Å². The van der Waals surface area contributed by atoms with Crippen molar-refractivity contribution in [2.24, 2.45) is 0 Å². The highest BCUT2D eigenvalue weighted by molar-refractivity contribution is 5.82. The summed E-state index contributed by atoms with van der Waals surface area (Å²) in [6.45, 7) is 4.05. The zero-order valence-corrected chi connectivity index (χ0v) is 14.5. The Hall–Kier alpha value is -2.27. The van der Waals surface area contributed by atoms with Crippen LogP contribution in [-0.4, -0.2) is 26.6 Å². The van der Waals surface area contributed by atoms with Crippen LogP contribution in [0, 0.1) is 6.92 Å². The molecule has 3 aromatic rings. The number of fused-ring (bicyclic) bond motifs is 1. The molecule has 0 amide bonds. The average molecular weight is 334 g/mol. The van der Waals surface area contributed by atoms with Gasteiger partial charge in [-0.2, -0.15) is 4.98 Å². The number of hydrogen-bond donors (Lipinski definition) is 0. The first-order valence-corrected chi connectivity index (χ1v) is 9.21. The first kappa shape index (κ1) is 15.0. The van der Waals surface area contributed by atoms with E-state index in [2.05, 4.69) is 52.3 Å². The quantitative estimate of drug-likeness (QED) is 0.718. The monoisotopic (exact) mass is 334 g/mol. The van der Waals surface area contributed by atoms with Gasteiger partial charge in [-0.25, -0.2) is 0 Å². The third-order valence-corrected chi connectivity index (χ3v) is 5.35. The molecule has 5 nitrogen and oxygen atoms in total. The van der Waals surface area contributed by atoms with E-state index in [-0.39, 0.29) is 6.04 Å². The lowest BCUT2D eigenvalue weighted by Gasteiger charge is -2.22. The highest BCUT2D eigenvalue weighted by Crippen LogP contribution is 2.40. The Balaban J connectivity index is 1.44. The Morgan fingerprint density at radius 2 is 2.04 bits per heavy atom. The number of pyridine rings is 1. The number of nitrogens with zero attached hydrogens (tertiary/aromatic N) is 4. The smallest absolute Gasteiger partial charge is 0.229 e. The second-order valence-corrected chi connectivity index (χ2v) is 7.33. The minimum absolute atomic E-state index is 0.267. The number of hydrogen-bond acceptors (Lipinski definition) is 5. The van der Waals surface area contributed by atoms with Crippen molar-refractivity contribution in [2.75, 3.05) is 6.54 Å². The van der Waals surface area contributed by atoms with Crippen LogP contribution in [0.1, 0.15) is 60.6 Å². The van der Waals surface area contributed by atoms with Crippen LogP contribution >= 0.6 is 0 Å². The molecule has 2 aliphatic rings. The highest BCUT2D eigenvalue weighted by atomic mass is 16.5. The van der Waals surface area contributed by atoms with Crippen LogP contribution in [0.2, 0.25) is 0 Å². The first-order valence-electron chi connectivity index (χ1n) is 9.21. The second kappa shape index (κ2) is 5.92. The van der Waals surface area contributed by atoms with Gasteiger partial charge in [-0.05, 0) is 56.8 Å². The Morgan fingerprint density at radius 3 is 2.92 bits per heavy atom. The van der Waals surface area contributed by atoms with Crippen LogP contribution in [0.3, 0.4) is 0 Å². The maximum absolute atomic E-state index is 5.49. The number of para-hydroxylation sites is 1. The third-order valence-electron chi connectivity index (χ3n) is 5.35. The molecule has 1 aromatic carbocycles. The largest absolute Gasteiger partial charge is 0.339 e. The topological polar surface area (TPSA) is 55.1 Å². The average Bonchev–Trinajstić information content (AvgIpc) is 3.16. The highest BCUT2D eigenvalue weighted by Gasteiger charge is 2.34. The zero-order chi connectivity index (χ0) is 16.8. The molecule has 3 heterocycles. The van der Waals surface area contributed by atoms with Crippen LogP contribution in [0.5, 0.6) is 0 Å². The van der Waals surface area contributed by atoms with Gasteiger partial charge in [-0.3, -0.25) is 9.88 Å². The van der Waals surface area contributed by atoms with E-state index in [9.17, 15) is 0 Å². The van der Waals surface area contributed by atoms with Gasteiger partial charge in [0.25, 0.3) is 0 Å². The fourth-order valence-corrected chi connectivity index (χ4v) is 3.93. The molecule has 25 heavy (non-hydrogen) atoms. The number of likely N-dealkylation sites (tertiary alicyclic amines) is 1. The van der Waals surface area contributed by atoms with Crippen LogP contribution in [0.25, 0.3) is 10.9 Å². The lowest BCUT2D eigenvalue weighted by Crippen LogP contribution is -2.24. The Kier molecular flexibility index (Phi) is 3.55. The second-order valence-electron chi connectivity index (χ2n) is 7.33. The van der Waals surface area contributed by atoms with E-state index in [1.165, 1.54) is 30.2 Å². The molecule has 0 spiro atoms. The molecule has 128 valence electrons. The molecule has 0 unspecified atom stereocenters. The molecule has 2 aromatic heterocycles. The summed E-state index contributed by atoms with van der Waals surface area (Å²) in [6.07, 6.45) is 4.67. The summed E-state index contributed by atoms with van der Waals surface area (Å²) >= 11 is 0. The normalized spacial score (nSPS) is 21.2. The van der Waals surface area contributed by atoms with E-state index in [0.717, 1.165) is 42.4 Å². The van der Waals surface area contributed by atoms with Gasteiger partial charge in [0.15, 0.2) is 5.82 Å². The zero-order valence-electron chi connectivity index (χ0n) is 14.5. The standard InChI is InChI=1S/C20H22N4O/c1-13-11-15(16-5-2-3-6-17(16)21-13)12-24-10-4-7-18(24)19-22-20(25-23-19)14-8-9-14/h2-3,5-6,11,14,18H,4,7-10,12H2,1H3/t18-/m1/s1. The predicted molar refractivity (Wildman–Crippen MR) is 95.1 cm³/mol. The van der Waals surface area contributed by atoms with E-state index in [4.69, 9.17) is 9.51 Å². The van der Waals surface area contributed by atoms with Gasteiger partial charge >= 0.3 is 0 Å². The Bertz CT molecular complexity index is 915. The summed E-state index contributed by atoms with van der Waals surface area (Å²) in [7, 11) is 0. The van der Waals surface area contributed by atoms with E-state index in [1.807, 2.05) is 0 Å². The molecule has 0 radical (unpaired) electrons. The van der Waals surface area contributed by atoms with Gasteiger partial charge in [0.1, 0.15) is 0 Å². The Morgan fingerprint density at radius 1 is 1.16 bits per heavy atom. The summed E-state index contributed by atoms with van der Waals surface area (Å²) in [5, 5.41) is 5.53. The Labute approximate surface area is 147 Å². The van der Waals surface area contributed by atoms with Crippen molar-refractivity contribution in [3.8, 4) is 0 Å². The van der Waals surface area contributed by atoms with Crippen molar-refractivity contribution >= 4 is 10.9 Å². The maximum atomic E-state index is 5.49. The number of rotatable bonds is 4. The summed E-state index contributed by atoms with van der Waals surface area (Å²) in [6, 6.07) is 10.9. The molecular weight excluding hydrogens is 312 g/mol. The van der Waals surface area contributed by atoms with E-state index < -0.39 is 0 Å². The van der Waals surface area contributed by atoms with Crippen molar-refractivity contribution in [1.29, 1.82) is 0 Å². The lowest BCUT2D eigenvalue weighted by molar-refractivity contribution is 0.234. The van der Waals surface area contributed by atoms with Gasteiger partial charge < -0.3 is 4.52 Å². The minimum atomic E-state index is 0.267. The lowest BCUT2D eigenvalue weighted by atomic mass is 10.1. The van der Waals surface area contributed by atoms with Crippen LogP contribution in [-0.2, 0) is 6.54 Å². The summed E-state index contributed by atoms with van der Waals surface area (Å²) in [4.78, 5) is 11.8. The fraction of sp³-hybridized carbons (Fsp3) is 0.450. The van der Waals surface area contributed by atoms with Crippen LogP contribution in [0.4, 0.5) is 0 Å². The summed E-state index contributed by atoms with van der Waals surface area (Å²) in [5.41, 5.74) is 3.48. The predicted octanol–water partition coefficient (Wildman–Crippen LogP) is 4.14. The van der Waals surface area contributed by atoms with Gasteiger partial charge in [-0.15, -0.1) is 0 Å². The summed E-state index contributed by atoms with van der Waals surface area (Å²) in [5.74, 6) is 2.23. The molecule has 0 N–H and O–H groups in total. The molecule has 1 aliphatic carbocycles.